The Morgan fingerprint density at radius 1 is 1.35 bits per heavy atom. The van der Waals surface area contributed by atoms with Crippen LogP contribution in [0.25, 0.3) is 0 Å². The van der Waals surface area contributed by atoms with Gasteiger partial charge in [-0.1, -0.05) is 26.0 Å². The van der Waals surface area contributed by atoms with E-state index in [0.29, 0.717) is 5.92 Å². The maximum Gasteiger partial charge on any atom is 0.134 e. The molecule has 0 aliphatic carbocycles. The van der Waals surface area contributed by atoms with Crippen LogP contribution in [0, 0.1) is 5.92 Å². The number of nitrogens with zero attached hydrogens (tertiary/aromatic N) is 2. The van der Waals surface area contributed by atoms with Crippen LogP contribution in [0.3, 0.4) is 0 Å². The first-order valence-electron chi connectivity index (χ1n) is 6.16. The molecule has 0 aromatic heterocycles. The molecule has 0 spiro atoms. The highest BCUT2D eigenvalue weighted by Gasteiger charge is 2.18. The number of ether oxygens (including phenoxy) is 1. The lowest BCUT2D eigenvalue weighted by Crippen LogP contribution is -2.24. The van der Waals surface area contributed by atoms with Crippen LogP contribution < -0.4 is 4.74 Å². The van der Waals surface area contributed by atoms with Crippen molar-refractivity contribution in [2.24, 2.45) is 10.9 Å². The maximum atomic E-state index is 5.85. The Morgan fingerprint density at radius 2 is 2.12 bits per heavy atom. The standard InChI is InChI=1S/C14H20N2O/c1-11(2)10-17-13-7-5-4-6-12(13)14-15-8-9-16(14)3/h4-7,11H,8-10H2,1-3H3. The molecular weight excluding hydrogens is 212 g/mol. The number of hydrogen-bond acceptors (Lipinski definition) is 3. The van der Waals surface area contributed by atoms with Crippen molar-refractivity contribution >= 4 is 5.84 Å². The van der Waals surface area contributed by atoms with E-state index in [0.717, 1.165) is 36.8 Å². The molecule has 1 aliphatic rings. The summed E-state index contributed by atoms with van der Waals surface area (Å²) >= 11 is 0. The largest absolute Gasteiger partial charge is 0.493 e. The van der Waals surface area contributed by atoms with Gasteiger partial charge < -0.3 is 9.64 Å². The number of amidine groups is 1. The molecule has 3 nitrogen and oxygen atoms in total. The highest BCUT2D eigenvalue weighted by atomic mass is 16.5. The molecule has 0 amide bonds. The Balaban J connectivity index is 2.21. The van der Waals surface area contributed by atoms with Crippen molar-refractivity contribution in [3.8, 4) is 5.75 Å². The van der Waals surface area contributed by atoms with Gasteiger partial charge in [0, 0.05) is 13.6 Å². The van der Waals surface area contributed by atoms with E-state index in [2.05, 4.69) is 36.9 Å². The van der Waals surface area contributed by atoms with Crippen molar-refractivity contribution in [3.63, 3.8) is 0 Å². The van der Waals surface area contributed by atoms with Crippen LogP contribution >= 0.6 is 0 Å². The predicted octanol–water partition coefficient (Wildman–Crippen LogP) is 2.41. The Morgan fingerprint density at radius 3 is 2.76 bits per heavy atom. The second-order valence-corrected chi connectivity index (χ2v) is 4.83. The van der Waals surface area contributed by atoms with E-state index in [4.69, 9.17) is 4.74 Å². The molecule has 0 saturated carbocycles. The lowest BCUT2D eigenvalue weighted by molar-refractivity contribution is 0.270. The van der Waals surface area contributed by atoms with Crippen molar-refractivity contribution in [1.29, 1.82) is 0 Å². The lowest BCUT2D eigenvalue weighted by Gasteiger charge is -2.17. The van der Waals surface area contributed by atoms with Crippen molar-refractivity contribution in [1.82, 2.24) is 4.90 Å². The summed E-state index contributed by atoms with van der Waals surface area (Å²) < 4.78 is 5.85. The van der Waals surface area contributed by atoms with E-state index in [1.807, 2.05) is 18.2 Å². The zero-order chi connectivity index (χ0) is 12.3. The zero-order valence-corrected chi connectivity index (χ0v) is 10.8. The Labute approximate surface area is 103 Å². The van der Waals surface area contributed by atoms with Crippen LogP contribution in [-0.2, 0) is 0 Å². The molecule has 3 heteroatoms. The van der Waals surface area contributed by atoms with Crippen molar-refractivity contribution < 1.29 is 4.74 Å². The Hall–Kier alpha value is -1.51. The molecular formula is C14H20N2O. The molecule has 1 heterocycles. The summed E-state index contributed by atoms with van der Waals surface area (Å²) in [6.45, 7) is 6.93. The van der Waals surface area contributed by atoms with Crippen LogP contribution in [-0.4, -0.2) is 37.5 Å². The molecule has 0 fully saturated rings. The second kappa shape index (κ2) is 5.21. The van der Waals surface area contributed by atoms with Gasteiger partial charge >= 0.3 is 0 Å². The fourth-order valence-electron chi connectivity index (χ4n) is 1.86. The lowest BCUT2D eigenvalue weighted by atomic mass is 10.1. The van der Waals surface area contributed by atoms with Gasteiger partial charge in [0.05, 0.1) is 18.7 Å². The summed E-state index contributed by atoms with van der Waals surface area (Å²) in [5, 5.41) is 0. The molecule has 17 heavy (non-hydrogen) atoms. The molecule has 0 N–H and O–H groups in total. The SMILES string of the molecule is CC(C)COc1ccccc1C1=NCCN1C. The van der Waals surface area contributed by atoms with E-state index >= 15 is 0 Å². The number of hydrogen-bond donors (Lipinski definition) is 0. The molecule has 0 radical (unpaired) electrons. The molecule has 0 unspecified atom stereocenters. The quantitative estimate of drug-likeness (QED) is 0.796. The summed E-state index contributed by atoms with van der Waals surface area (Å²) in [4.78, 5) is 6.72. The maximum absolute atomic E-state index is 5.85. The third kappa shape index (κ3) is 2.78. The van der Waals surface area contributed by atoms with E-state index in [1.165, 1.54) is 0 Å². The minimum atomic E-state index is 0.534. The fourth-order valence-corrected chi connectivity index (χ4v) is 1.86. The Bertz CT molecular complexity index is 412. The van der Waals surface area contributed by atoms with Gasteiger partial charge in [0.1, 0.15) is 11.6 Å². The molecule has 1 aromatic carbocycles. The van der Waals surface area contributed by atoms with Gasteiger partial charge in [-0.15, -0.1) is 0 Å². The molecule has 1 aromatic rings. The second-order valence-electron chi connectivity index (χ2n) is 4.83. The summed E-state index contributed by atoms with van der Waals surface area (Å²) in [5.41, 5.74) is 1.10. The van der Waals surface area contributed by atoms with E-state index in [-0.39, 0.29) is 0 Å². The van der Waals surface area contributed by atoms with Gasteiger partial charge in [0.25, 0.3) is 0 Å². The number of benzene rings is 1. The van der Waals surface area contributed by atoms with Crippen LogP contribution in [0.5, 0.6) is 5.75 Å². The topological polar surface area (TPSA) is 24.8 Å². The number of para-hydroxylation sites is 1. The van der Waals surface area contributed by atoms with Crippen molar-refractivity contribution in [2.75, 3.05) is 26.7 Å². The third-order valence-corrected chi connectivity index (χ3v) is 2.76. The van der Waals surface area contributed by atoms with Crippen LogP contribution in [0.4, 0.5) is 0 Å². The smallest absolute Gasteiger partial charge is 0.134 e. The molecule has 0 atom stereocenters. The highest BCUT2D eigenvalue weighted by molar-refractivity contribution is 6.01. The van der Waals surface area contributed by atoms with Gasteiger partial charge in [0.15, 0.2) is 0 Å². The normalized spacial score (nSPS) is 15.3. The first-order chi connectivity index (χ1) is 8.18. The van der Waals surface area contributed by atoms with Crippen LogP contribution in [0.1, 0.15) is 19.4 Å². The zero-order valence-electron chi connectivity index (χ0n) is 10.8. The minimum Gasteiger partial charge on any atom is -0.493 e. The fraction of sp³-hybridized carbons (Fsp3) is 0.500. The van der Waals surface area contributed by atoms with Crippen molar-refractivity contribution in [3.05, 3.63) is 29.8 Å². The number of rotatable bonds is 4. The highest BCUT2D eigenvalue weighted by Crippen LogP contribution is 2.22. The average molecular weight is 232 g/mol. The van der Waals surface area contributed by atoms with Crippen molar-refractivity contribution in [2.45, 2.75) is 13.8 Å². The summed E-state index contributed by atoms with van der Waals surface area (Å²) in [7, 11) is 2.07. The molecule has 0 bridgehead atoms. The average Bonchev–Trinajstić information content (AvgIpc) is 2.73. The summed E-state index contributed by atoms with van der Waals surface area (Å²) in [6.07, 6.45) is 0. The monoisotopic (exact) mass is 232 g/mol. The van der Waals surface area contributed by atoms with Crippen LogP contribution in [0.15, 0.2) is 29.3 Å². The van der Waals surface area contributed by atoms with E-state index < -0.39 is 0 Å². The van der Waals surface area contributed by atoms with Gasteiger partial charge in [-0.2, -0.15) is 0 Å². The summed E-state index contributed by atoms with van der Waals surface area (Å²) in [6, 6.07) is 8.14. The summed E-state index contributed by atoms with van der Waals surface area (Å²) in [5.74, 6) is 2.52. The predicted molar refractivity (Wildman–Crippen MR) is 70.8 cm³/mol. The molecule has 92 valence electrons. The minimum absolute atomic E-state index is 0.534. The van der Waals surface area contributed by atoms with Gasteiger partial charge in [0.2, 0.25) is 0 Å². The number of likely N-dealkylation sites (N-methyl/N-ethyl adjacent to an activating group) is 1. The van der Waals surface area contributed by atoms with Gasteiger partial charge in [-0.3, -0.25) is 4.99 Å². The van der Waals surface area contributed by atoms with E-state index in [1.54, 1.807) is 0 Å². The number of aliphatic imine (C=N–C) groups is 1. The van der Waals surface area contributed by atoms with E-state index in [9.17, 15) is 0 Å². The molecule has 0 saturated heterocycles. The van der Waals surface area contributed by atoms with Gasteiger partial charge in [-0.25, -0.2) is 0 Å². The first-order valence-corrected chi connectivity index (χ1v) is 6.16. The molecule has 1 aliphatic heterocycles. The Kier molecular flexibility index (Phi) is 3.67. The van der Waals surface area contributed by atoms with Gasteiger partial charge in [-0.05, 0) is 18.1 Å². The third-order valence-electron chi connectivity index (χ3n) is 2.76. The first kappa shape index (κ1) is 12.0. The van der Waals surface area contributed by atoms with Crippen LogP contribution in [0.2, 0.25) is 0 Å². The molecule has 2 rings (SSSR count).